The van der Waals surface area contributed by atoms with E-state index in [0.29, 0.717) is 24.6 Å². The second kappa shape index (κ2) is 9.64. The van der Waals surface area contributed by atoms with Gasteiger partial charge in [-0.3, -0.25) is 0 Å². The largest absolute Gasteiger partial charge is 0.445 e. The van der Waals surface area contributed by atoms with Crippen molar-refractivity contribution in [3.8, 4) is 0 Å². The molecule has 1 heterocycles. The van der Waals surface area contributed by atoms with Crippen molar-refractivity contribution in [2.24, 2.45) is 5.92 Å². The van der Waals surface area contributed by atoms with Crippen LogP contribution < -0.4 is 5.32 Å². The fourth-order valence-electron chi connectivity index (χ4n) is 3.32. The molecule has 0 bridgehead atoms. The summed E-state index contributed by atoms with van der Waals surface area (Å²) in [6, 6.07) is 10.5. The monoisotopic (exact) mass is 334 g/mol. The highest BCUT2D eigenvalue weighted by Gasteiger charge is 2.29. The zero-order chi connectivity index (χ0) is 17.4. The molecule has 2 rings (SSSR count). The SMILES string of the molecule is CC(C)N[C@@H](CCO)C1CCN(C(=O)OCc2ccccc2)CC1. The molecule has 134 valence electrons. The number of benzene rings is 1. The topological polar surface area (TPSA) is 61.8 Å². The van der Waals surface area contributed by atoms with Gasteiger partial charge in [0.1, 0.15) is 6.61 Å². The molecule has 24 heavy (non-hydrogen) atoms. The first kappa shape index (κ1) is 18.7. The molecule has 0 aromatic heterocycles. The molecule has 1 aromatic rings. The highest BCUT2D eigenvalue weighted by Crippen LogP contribution is 2.23. The van der Waals surface area contributed by atoms with Crippen LogP contribution in [0.2, 0.25) is 0 Å². The quantitative estimate of drug-likeness (QED) is 0.805. The van der Waals surface area contributed by atoms with Crippen LogP contribution in [0.1, 0.15) is 38.7 Å². The predicted octanol–water partition coefficient (Wildman–Crippen LogP) is 2.78. The number of hydrogen-bond donors (Lipinski definition) is 2. The summed E-state index contributed by atoms with van der Waals surface area (Å²) in [5.74, 6) is 0.498. The molecule has 0 unspecified atom stereocenters. The van der Waals surface area contributed by atoms with Gasteiger partial charge in [0.05, 0.1) is 0 Å². The third-order valence-corrected chi connectivity index (χ3v) is 4.56. The van der Waals surface area contributed by atoms with Gasteiger partial charge in [0.2, 0.25) is 0 Å². The Morgan fingerprint density at radius 2 is 1.96 bits per heavy atom. The maximum atomic E-state index is 12.2. The Morgan fingerprint density at radius 1 is 1.29 bits per heavy atom. The number of ether oxygens (including phenoxy) is 1. The number of nitrogens with one attached hydrogen (secondary N) is 1. The van der Waals surface area contributed by atoms with Gasteiger partial charge in [0.15, 0.2) is 0 Å². The molecule has 5 nitrogen and oxygen atoms in total. The Hall–Kier alpha value is -1.59. The number of hydrogen-bond acceptors (Lipinski definition) is 4. The molecule has 0 aliphatic carbocycles. The zero-order valence-electron chi connectivity index (χ0n) is 14.8. The molecule has 2 N–H and O–H groups in total. The maximum Gasteiger partial charge on any atom is 0.410 e. The van der Waals surface area contributed by atoms with E-state index in [2.05, 4.69) is 19.2 Å². The molecule has 1 atom stereocenters. The molecule has 5 heteroatoms. The Morgan fingerprint density at radius 3 is 2.54 bits per heavy atom. The Kier molecular flexibility index (Phi) is 7.53. The molecular formula is C19H30N2O3. The number of carbonyl (C=O) groups excluding carboxylic acids is 1. The molecule has 0 radical (unpaired) electrons. The normalized spacial score (nSPS) is 17.1. The van der Waals surface area contributed by atoms with Gasteiger partial charge in [0.25, 0.3) is 0 Å². The molecule has 0 saturated carbocycles. The van der Waals surface area contributed by atoms with Crippen LogP contribution in [0.5, 0.6) is 0 Å². The molecule has 1 amide bonds. The van der Waals surface area contributed by atoms with Crippen molar-refractivity contribution in [2.75, 3.05) is 19.7 Å². The smallest absolute Gasteiger partial charge is 0.410 e. The van der Waals surface area contributed by atoms with Gasteiger partial charge in [-0.25, -0.2) is 4.79 Å². The third-order valence-electron chi connectivity index (χ3n) is 4.56. The van der Waals surface area contributed by atoms with Gasteiger partial charge in [-0.15, -0.1) is 0 Å². The first-order valence-electron chi connectivity index (χ1n) is 8.92. The third kappa shape index (κ3) is 5.80. The van der Waals surface area contributed by atoms with Gasteiger partial charge < -0.3 is 20.1 Å². The van der Waals surface area contributed by atoms with E-state index in [1.165, 1.54) is 0 Å². The summed E-state index contributed by atoms with van der Waals surface area (Å²) in [6.07, 6.45) is 2.43. The lowest BCUT2D eigenvalue weighted by Gasteiger charge is -2.36. The Bertz CT molecular complexity index is 485. The summed E-state index contributed by atoms with van der Waals surface area (Å²) in [5.41, 5.74) is 1.00. The molecule has 0 spiro atoms. The average molecular weight is 334 g/mol. The lowest BCUT2D eigenvalue weighted by atomic mass is 9.87. The summed E-state index contributed by atoms with van der Waals surface area (Å²) in [6.45, 7) is 6.21. The van der Waals surface area contributed by atoms with Gasteiger partial charge in [-0.2, -0.15) is 0 Å². The van der Waals surface area contributed by atoms with Gasteiger partial charge >= 0.3 is 6.09 Å². The van der Waals surface area contributed by atoms with Crippen molar-refractivity contribution in [3.05, 3.63) is 35.9 Å². The summed E-state index contributed by atoms with van der Waals surface area (Å²) < 4.78 is 5.41. The molecule has 1 saturated heterocycles. The van der Waals surface area contributed by atoms with Crippen LogP contribution in [-0.2, 0) is 11.3 Å². The number of carbonyl (C=O) groups is 1. The highest BCUT2D eigenvalue weighted by molar-refractivity contribution is 5.67. The van der Waals surface area contributed by atoms with Crippen molar-refractivity contribution < 1.29 is 14.6 Å². The minimum atomic E-state index is -0.229. The summed E-state index contributed by atoms with van der Waals surface area (Å²) >= 11 is 0. The fourth-order valence-corrected chi connectivity index (χ4v) is 3.32. The number of aliphatic hydroxyl groups is 1. The van der Waals surface area contributed by atoms with Crippen LogP contribution in [0, 0.1) is 5.92 Å². The summed E-state index contributed by atoms with van der Waals surface area (Å²) in [7, 11) is 0. The second-order valence-corrected chi connectivity index (χ2v) is 6.80. The second-order valence-electron chi connectivity index (χ2n) is 6.80. The van der Waals surface area contributed by atoms with Crippen molar-refractivity contribution in [2.45, 2.75) is 51.8 Å². The molecule has 1 aliphatic rings. The molecule has 1 aromatic carbocycles. The van der Waals surface area contributed by atoms with E-state index in [9.17, 15) is 9.90 Å². The Labute approximate surface area is 145 Å². The van der Waals surface area contributed by atoms with E-state index < -0.39 is 0 Å². The van der Waals surface area contributed by atoms with E-state index in [0.717, 1.165) is 37.9 Å². The van der Waals surface area contributed by atoms with Crippen LogP contribution in [0.15, 0.2) is 30.3 Å². The maximum absolute atomic E-state index is 12.2. The van der Waals surface area contributed by atoms with E-state index in [1.807, 2.05) is 30.3 Å². The molecule has 1 aliphatic heterocycles. The van der Waals surface area contributed by atoms with E-state index in [-0.39, 0.29) is 12.7 Å². The average Bonchev–Trinajstić information content (AvgIpc) is 2.60. The van der Waals surface area contributed by atoms with Gasteiger partial charge in [-0.05, 0) is 30.7 Å². The first-order chi connectivity index (χ1) is 11.6. The fraction of sp³-hybridized carbons (Fsp3) is 0.632. The lowest BCUT2D eigenvalue weighted by Crippen LogP contribution is -2.47. The lowest BCUT2D eigenvalue weighted by molar-refractivity contribution is 0.0756. The number of likely N-dealkylation sites (tertiary alicyclic amines) is 1. The van der Waals surface area contributed by atoms with Crippen LogP contribution in [0.4, 0.5) is 4.79 Å². The van der Waals surface area contributed by atoms with Gasteiger partial charge in [-0.1, -0.05) is 44.2 Å². The van der Waals surface area contributed by atoms with E-state index >= 15 is 0 Å². The first-order valence-corrected chi connectivity index (χ1v) is 8.92. The predicted molar refractivity (Wildman–Crippen MR) is 94.7 cm³/mol. The standard InChI is InChI=1S/C19H30N2O3/c1-15(2)20-18(10-13-22)17-8-11-21(12-9-17)19(23)24-14-16-6-4-3-5-7-16/h3-7,15,17-18,20,22H,8-14H2,1-2H3/t18-/m0/s1. The number of nitrogens with zero attached hydrogens (tertiary/aromatic N) is 1. The van der Waals surface area contributed by atoms with Crippen molar-refractivity contribution in [1.82, 2.24) is 10.2 Å². The summed E-state index contributed by atoms with van der Waals surface area (Å²) in [5, 5.41) is 12.8. The number of aliphatic hydroxyl groups excluding tert-OH is 1. The van der Waals surface area contributed by atoms with E-state index in [1.54, 1.807) is 4.90 Å². The zero-order valence-corrected chi connectivity index (χ0v) is 14.8. The van der Waals surface area contributed by atoms with Crippen molar-refractivity contribution in [3.63, 3.8) is 0 Å². The van der Waals surface area contributed by atoms with Crippen LogP contribution in [0.3, 0.4) is 0 Å². The van der Waals surface area contributed by atoms with Crippen LogP contribution in [0.25, 0.3) is 0 Å². The highest BCUT2D eigenvalue weighted by atomic mass is 16.6. The van der Waals surface area contributed by atoms with Crippen LogP contribution in [-0.4, -0.2) is 47.9 Å². The van der Waals surface area contributed by atoms with E-state index in [4.69, 9.17) is 4.74 Å². The molecular weight excluding hydrogens is 304 g/mol. The Balaban J connectivity index is 1.77. The van der Waals surface area contributed by atoms with Gasteiger partial charge in [0, 0.05) is 31.8 Å². The van der Waals surface area contributed by atoms with Crippen LogP contribution >= 0.6 is 0 Å². The minimum Gasteiger partial charge on any atom is -0.445 e. The van der Waals surface area contributed by atoms with Crippen molar-refractivity contribution >= 4 is 6.09 Å². The van der Waals surface area contributed by atoms with Crippen molar-refractivity contribution in [1.29, 1.82) is 0 Å². The minimum absolute atomic E-state index is 0.198. The number of amides is 1. The number of rotatable bonds is 7. The number of piperidine rings is 1. The summed E-state index contributed by atoms with van der Waals surface area (Å²) in [4.78, 5) is 14.0. The molecule has 1 fully saturated rings.